The maximum Gasteiger partial charge on any atom is 0.0521 e. The molecule has 1 aromatic heterocycles. The summed E-state index contributed by atoms with van der Waals surface area (Å²) in [5.41, 5.74) is 2.76. The molecule has 1 heterocycles. The average Bonchev–Trinajstić information content (AvgIpc) is 2.89. The van der Waals surface area contributed by atoms with Crippen LogP contribution in [0.2, 0.25) is 0 Å². The molecule has 1 unspecified atom stereocenters. The van der Waals surface area contributed by atoms with E-state index in [1.165, 1.54) is 24.0 Å². The van der Waals surface area contributed by atoms with Gasteiger partial charge in [0.15, 0.2) is 0 Å². The van der Waals surface area contributed by atoms with Gasteiger partial charge in [0.05, 0.1) is 6.20 Å². The zero-order valence-electron chi connectivity index (χ0n) is 12.5. The largest absolute Gasteiger partial charge is 0.314 e. The number of hydrogen-bond donors (Lipinski definition) is 1. The van der Waals surface area contributed by atoms with Crippen LogP contribution < -0.4 is 5.32 Å². The fraction of sp³-hybridized carbons (Fsp3) is 0.471. The molecule has 0 bridgehead atoms. The summed E-state index contributed by atoms with van der Waals surface area (Å²) in [6, 6.07) is 11.3. The van der Waals surface area contributed by atoms with Crippen molar-refractivity contribution in [3.8, 4) is 0 Å². The number of rotatable bonds is 8. The van der Waals surface area contributed by atoms with Gasteiger partial charge in [-0.1, -0.05) is 37.3 Å². The van der Waals surface area contributed by atoms with E-state index < -0.39 is 0 Å². The zero-order valence-corrected chi connectivity index (χ0v) is 12.5. The lowest BCUT2D eigenvalue weighted by molar-refractivity contribution is 0.464. The van der Waals surface area contributed by atoms with Gasteiger partial charge in [-0.05, 0) is 43.4 Å². The standard InChI is InChI=1S/C17H25N3/c1-3-18-17(11-9-15-7-5-4-6-8-15)12-10-16-13-19-20(2)14-16/h4-8,13-14,17-18H,3,9-12H2,1-2H3. The third-order valence-electron chi connectivity index (χ3n) is 3.66. The van der Waals surface area contributed by atoms with Crippen LogP contribution in [0.25, 0.3) is 0 Å². The third-order valence-corrected chi connectivity index (χ3v) is 3.66. The summed E-state index contributed by atoms with van der Waals surface area (Å²) in [4.78, 5) is 0. The van der Waals surface area contributed by atoms with E-state index in [1.807, 2.05) is 17.9 Å². The van der Waals surface area contributed by atoms with E-state index in [0.29, 0.717) is 6.04 Å². The van der Waals surface area contributed by atoms with Crippen LogP contribution in [-0.2, 0) is 19.9 Å². The summed E-state index contributed by atoms with van der Waals surface area (Å²) >= 11 is 0. The quantitative estimate of drug-likeness (QED) is 0.800. The van der Waals surface area contributed by atoms with Crippen molar-refractivity contribution in [2.45, 2.75) is 38.6 Å². The minimum absolute atomic E-state index is 0.584. The molecular weight excluding hydrogens is 246 g/mol. The summed E-state index contributed by atoms with van der Waals surface area (Å²) in [5.74, 6) is 0. The minimum Gasteiger partial charge on any atom is -0.314 e. The molecule has 0 spiro atoms. The average molecular weight is 271 g/mol. The van der Waals surface area contributed by atoms with Crippen LogP contribution in [0.3, 0.4) is 0 Å². The summed E-state index contributed by atoms with van der Waals surface area (Å²) in [6.45, 7) is 3.21. The third kappa shape index (κ3) is 4.82. The van der Waals surface area contributed by atoms with Gasteiger partial charge in [-0.25, -0.2) is 0 Å². The maximum atomic E-state index is 4.23. The molecule has 0 saturated carbocycles. The van der Waals surface area contributed by atoms with E-state index in [-0.39, 0.29) is 0 Å². The number of hydrogen-bond acceptors (Lipinski definition) is 2. The Morgan fingerprint density at radius 1 is 1.10 bits per heavy atom. The topological polar surface area (TPSA) is 29.9 Å². The van der Waals surface area contributed by atoms with Crippen molar-refractivity contribution in [2.24, 2.45) is 7.05 Å². The van der Waals surface area contributed by atoms with E-state index in [2.05, 4.69) is 53.9 Å². The Morgan fingerprint density at radius 2 is 1.80 bits per heavy atom. The minimum atomic E-state index is 0.584. The van der Waals surface area contributed by atoms with Crippen LogP contribution in [0.5, 0.6) is 0 Å². The Labute approximate surface area is 122 Å². The van der Waals surface area contributed by atoms with Gasteiger partial charge in [0.1, 0.15) is 0 Å². The van der Waals surface area contributed by atoms with Crippen molar-refractivity contribution in [3.05, 3.63) is 53.9 Å². The van der Waals surface area contributed by atoms with Crippen molar-refractivity contribution in [2.75, 3.05) is 6.54 Å². The Kier molecular flexibility index (Phi) is 5.81. The van der Waals surface area contributed by atoms with Gasteiger partial charge in [-0.15, -0.1) is 0 Å². The van der Waals surface area contributed by atoms with Gasteiger partial charge in [0, 0.05) is 19.3 Å². The molecule has 108 valence electrons. The second-order valence-corrected chi connectivity index (χ2v) is 5.34. The maximum absolute atomic E-state index is 4.23. The molecule has 0 aliphatic heterocycles. The monoisotopic (exact) mass is 271 g/mol. The number of aryl methyl sites for hydroxylation is 3. The molecular formula is C17H25N3. The van der Waals surface area contributed by atoms with Crippen LogP contribution >= 0.6 is 0 Å². The van der Waals surface area contributed by atoms with E-state index in [4.69, 9.17) is 0 Å². The first-order valence-electron chi connectivity index (χ1n) is 7.52. The predicted octanol–water partition coefficient (Wildman–Crippen LogP) is 2.96. The van der Waals surface area contributed by atoms with Crippen molar-refractivity contribution in [1.82, 2.24) is 15.1 Å². The highest BCUT2D eigenvalue weighted by Crippen LogP contribution is 2.10. The van der Waals surface area contributed by atoms with Crippen LogP contribution in [0, 0.1) is 0 Å². The molecule has 0 fully saturated rings. The summed E-state index contributed by atoms with van der Waals surface area (Å²) in [5, 5.41) is 7.83. The molecule has 2 aromatic rings. The van der Waals surface area contributed by atoms with Gasteiger partial charge >= 0.3 is 0 Å². The smallest absolute Gasteiger partial charge is 0.0521 e. The highest BCUT2D eigenvalue weighted by atomic mass is 15.2. The van der Waals surface area contributed by atoms with Crippen molar-refractivity contribution >= 4 is 0 Å². The van der Waals surface area contributed by atoms with Gasteiger partial charge in [0.25, 0.3) is 0 Å². The SMILES string of the molecule is CCNC(CCc1ccccc1)CCc1cnn(C)c1. The molecule has 0 radical (unpaired) electrons. The van der Waals surface area contributed by atoms with Crippen LogP contribution in [0.15, 0.2) is 42.7 Å². The molecule has 1 aromatic carbocycles. The van der Waals surface area contributed by atoms with E-state index >= 15 is 0 Å². The summed E-state index contributed by atoms with van der Waals surface area (Å²) in [6.07, 6.45) is 8.69. The van der Waals surface area contributed by atoms with Crippen molar-refractivity contribution in [3.63, 3.8) is 0 Å². The van der Waals surface area contributed by atoms with Gasteiger partial charge in [0.2, 0.25) is 0 Å². The molecule has 20 heavy (non-hydrogen) atoms. The molecule has 3 nitrogen and oxygen atoms in total. The van der Waals surface area contributed by atoms with Crippen LogP contribution in [-0.4, -0.2) is 22.4 Å². The first-order chi connectivity index (χ1) is 9.78. The zero-order chi connectivity index (χ0) is 14.2. The lowest BCUT2D eigenvalue weighted by Crippen LogP contribution is -2.29. The second kappa shape index (κ2) is 7.85. The van der Waals surface area contributed by atoms with Gasteiger partial charge < -0.3 is 5.32 Å². The lowest BCUT2D eigenvalue weighted by atomic mass is 10.00. The number of nitrogens with one attached hydrogen (secondary N) is 1. The molecule has 0 amide bonds. The number of nitrogens with zero attached hydrogens (tertiary/aromatic N) is 2. The fourth-order valence-electron chi connectivity index (χ4n) is 2.56. The van der Waals surface area contributed by atoms with E-state index in [9.17, 15) is 0 Å². The Morgan fingerprint density at radius 3 is 2.40 bits per heavy atom. The Bertz CT molecular complexity index is 490. The molecule has 3 heteroatoms. The van der Waals surface area contributed by atoms with Gasteiger partial charge in [-0.3, -0.25) is 4.68 Å². The molecule has 0 aliphatic rings. The van der Waals surface area contributed by atoms with E-state index in [0.717, 1.165) is 19.4 Å². The van der Waals surface area contributed by atoms with Crippen molar-refractivity contribution < 1.29 is 0 Å². The first kappa shape index (κ1) is 14.8. The van der Waals surface area contributed by atoms with Crippen LogP contribution in [0.1, 0.15) is 30.9 Å². The van der Waals surface area contributed by atoms with Crippen molar-refractivity contribution in [1.29, 1.82) is 0 Å². The molecule has 1 atom stereocenters. The van der Waals surface area contributed by atoms with E-state index in [1.54, 1.807) is 0 Å². The molecule has 2 rings (SSSR count). The summed E-state index contributed by atoms with van der Waals surface area (Å²) < 4.78 is 1.88. The number of benzene rings is 1. The Balaban J connectivity index is 1.80. The van der Waals surface area contributed by atoms with Crippen LogP contribution in [0.4, 0.5) is 0 Å². The fourth-order valence-corrected chi connectivity index (χ4v) is 2.56. The molecule has 0 aliphatic carbocycles. The molecule has 0 saturated heterocycles. The summed E-state index contributed by atoms with van der Waals surface area (Å²) in [7, 11) is 1.97. The highest BCUT2D eigenvalue weighted by molar-refractivity contribution is 5.14. The second-order valence-electron chi connectivity index (χ2n) is 5.34. The first-order valence-corrected chi connectivity index (χ1v) is 7.52. The molecule has 1 N–H and O–H groups in total. The number of aromatic nitrogens is 2. The normalized spacial score (nSPS) is 12.5. The Hall–Kier alpha value is -1.61. The lowest BCUT2D eigenvalue weighted by Gasteiger charge is -2.17. The highest BCUT2D eigenvalue weighted by Gasteiger charge is 2.08. The van der Waals surface area contributed by atoms with Gasteiger partial charge in [-0.2, -0.15) is 5.10 Å². The predicted molar refractivity (Wildman–Crippen MR) is 83.8 cm³/mol.